The van der Waals surface area contributed by atoms with Gasteiger partial charge in [0.05, 0.1) is 19.6 Å². The minimum atomic E-state index is 0.144. The Morgan fingerprint density at radius 2 is 2.13 bits per heavy atom. The van der Waals surface area contributed by atoms with E-state index in [-0.39, 0.29) is 11.9 Å². The summed E-state index contributed by atoms with van der Waals surface area (Å²) in [6, 6.07) is 7.60. The average Bonchev–Trinajstić information content (AvgIpc) is 2.26. The van der Waals surface area contributed by atoms with Gasteiger partial charge in [-0.3, -0.25) is 4.79 Å². The molecular weight excluding hydrogens is 190 g/mol. The van der Waals surface area contributed by atoms with Crippen molar-refractivity contribution in [2.75, 3.05) is 12.0 Å². The zero-order valence-corrected chi connectivity index (χ0v) is 8.64. The van der Waals surface area contributed by atoms with Gasteiger partial charge in [-0.15, -0.1) is 6.58 Å². The number of hydrogen-bond acceptors (Lipinski definition) is 2. The first-order chi connectivity index (χ1) is 7.26. The Hall–Kier alpha value is -1.77. The van der Waals surface area contributed by atoms with Crippen LogP contribution in [0.4, 0.5) is 5.69 Å². The van der Waals surface area contributed by atoms with Crippen LogP contribution < -0.4 is 9.64 Å². The number of ether oxygens (including phenoxy) is 1. The molecule has 78 valence electrons. The van der Waals surface area contributed by atoms with Gasteiger partial charge in [0.25, 0.3) is 0 Å². The molecule has 0 radical (unpaired) electrons. The van der Waals surface area contributed by atoms with Gasteiger partial charge in [0.2, 0.25) is 5.91 Å². The van der Waals surface area contributed by atoms with Crippen LogP contribution in [0.15, 0.2) is 36.9 Å². The van der Waals surface area contributed by atoms with E-state index in [2.05, 4.69) is 6.58 Å². The molecule has 1 aromatic carbocycles. The van der Waals surface area contributed by atoms with Gasteiger partial charge >= 0.3 is 0 Å². The van der Waals surface area contributed by atoms with Crippen LogP contribution in [0.2, 0.25) is 0 Å². The van der Waals surface area contributed by atoms with E-state index < -0.39 is 0 Å². The molecule has 0 N–H and O–H groups in total. The number of methoxy groups -OCH3 is 1. The molecular formula is C12H13NO2. The SMILES string of the molecule is C=C[C@H]1CC(=O)N1c1ccc(OC)cc1. The molecule has 0 saturated carbocycles. The summed E-state index contributed by atoms with van der Waals surface area (Å²) >= 11 is 0. The first-order valence-electron chi connectivity index (χ1n) is 4.85. The smallest absolute Gasteiger partial charge is 0.229 e. The van der Waals surface area contributed by atoms with Crippen molar-refractivity contribution in [1.29, 1.82) is 0 Å². The molecule has 2 rings (SSSR count). The number of benzene rings is 1. The van der Waals surface area contributed by atoms with Gasteiger partial charge in [-0.2, -0.15) is 0 Å². The molecule has 1 saturated heterocycles. The lowest BCUT2D eigenvalue weighted by molar-refractivity contribution is -0.123. The molecule has 1 aliphatic heterocycles. The maximum atomic E-state index is 11.4. The average molecular weight is 203 g/mol. The summed E-state index contributed by atoms with van der Waals surface area (Å²) in [7, 11) is 1.62. The van der Waals surface area contributed by atoms with Crippen molar-refractivity contribution in [2.45, 2.75) is 12.5 Å². The second kappa shape index (κ2) is 3.77. The van der Waals surface area contributed by atoms with Crippen molar-refractivity contribution in [3.63, 3.8) is 0 Å². The number of nitrogens with zero attached hydrogens (tertiary/aromatic N) is 1. The van der Waals surface area contributed by atoms with E-state index in [0.29, 0.717) is 6.42 Å². The quantitative estimate of drug-likeness (QED) is 0.555. The van der Waals surface area contributed by atoms with Crippen molar-refractivity contribution < 1.29 is 9.53 Å². The predicted octanol–water partition coefficient (Wildman–Crippen LogP) is 1.99. The van der Waals surface area contributed by atoms with Gasteiger partial charge in [-0.25, -0.2) is 0 Å². The normalized spacial score (nSPS) is 19.7. The first-order valence-corrected chi connectivity index (χ1v) is 4.85. The van der Waals surface area contributed by atoms with E-state index in [4.69, 9.17) is 4.74 Å². The Balaban J connectivity index is 2.21. The third-order valence-corrected chi connectivity index (χ3v) is 2.61. The lowest BCUT2D eigenvalue weighted by Gasteiger charge is -2.38. The van der Waals surface area contributed by atoms with Crippen molar-refractivity contribution in [1.82, 2.24) is 0 Å². The van der Waals surface area contributed by atoms with Crippen LogP contribution in [-0.4, -0.2) is 19.1 Å². The van der Waals surface area contributed by atoms with Crippen LogP contribution in [0.25, 0.3) is 0 Å². The molecule has 1 fully saturated rings. The molecule has 15 heavy (non-hydrogen) atoms. The number of anilines is 1. The van der Waals surface area contributed by atoms with Gasteiger partial charge in [-0.05, 0) is 24.3 Å². The van der Waals surface area contributed by atoms with E-state index in [9.17, 15) is 4.79 Å². The highest BCUT2D eigenvalue weighted by Crippen LogP contribution is 2.29. The minimum absolute atomic E-state index is 0.144. The largest absolute Gasteiger partial charge is 0.497 e. The zero-order valence-electron chi connectivity index (χ0n) is 8.64. The monoisotopic (exact) mass is 203 g/mol. The van der Waals surface area contributed by atoms with Crippen LogP contribution in [0.1, 0.15) is 6.42 Å². The number of rotatable bonds is 3. The molecule has 3 nitrogen and oxygen atoms in total. The maximum absolute atomic E-state index is 11.4. The Bertz CT molecular complexity index is 383. The number of β-lactam (4-membered cyclic amide) rings is 1. The molecule has 0 spiro atoms. The minimum Gasteiger partial charge on any atom is -0.497 e. The molecule has 3 heteroatoms. The summed E-state index contributed by atoms with van der Waals surface area (Å²) < 4.78 is 5.06. The van der Waals surface area contributed by atoms with Gasteiger partial charge in [-0.1, -0.05) is 6.08 Å². The Kier molecular flexibility index (Phi) is 2.46. The Morgan fingerprint density at radius 3 is 2.60 bits per heavy atom. The van der Waals surface area contributed by atoms with Crippen LogP contribution >= 0.6 is 0 Å². The van der Waals surface area contributed by atoms with Crippen LogP contribution in [0.5, 0.6) is 5.75 Å². The zero-order chi connectivity index (χ0) is 10.8. The fourth-order valence-electron chi connectivity index (χ4n) is 1.71. The highest BCUT2D eigenvalue weighted by atomic mass is 16.5. The van der Waals surface area contributed by atoms with Crippen molar-refractivity contribution in [3.05, 3.63) is 36.9 Å². The lowest BCUT2D eigenvalue weighted by Crippen LogP contribution is -2.51. The number of carbonyl (C=O) groups excluding carboxylic acids is 1. The van der Waals surface area contributed by atoms with Crippen molar-refractivity contribution >= 4 is 11.6 Å². The van der Waals surface area contributed by atoms with Crippen LogP contribution in [0.3, 0.4) is 0 Å². The fraction of sp³-hybridized carbons (Fsp3) is 0.250. The van der Waals surface area contributed by atoms with Gasteiger partial charge < -0.3 is 9.64 Å². The third-order valence-electron chi connectivity index (χ3n) is 2.61. The molecule has 0 bridgehead atoms. The summed E-state index contributed by atoms with van der Waals surface area (Å²) in [5.74, 6) is 0.937. The summed E-state index contributed by atoms with van der Waals surface area (Å²) in [4.78, 5) is 13.1. The second-order valence-corrected chi connectivity index (χ2v) is 3.47. The van der Waals surface area contributed by atoms with Gasteiger partial charge in [0.15, 0.2) is 0 Å². The van der Waals surface area contributed by atoms with E-state index in [1.807, 2.05) is 24.3 Å². The summed E-state index contributed by atoms with van der Waals surface area (Å²) in [5.41, 5.74) is 0.900. The first kappa shape index (κ1) is 9.77. The molecule has 1 amide bonds. The third kappa shape index (κ3) is 1.61. The highest BCUT2D eigenvalue weighted by Gasteiger charge is 2.34. The molecule has 1 atom stereocenters. The molecule has 0 aliphatic carbocycles. The topological polar surface area (TPSA) is 29.5 Å². The number of amides is 1. The van der Waals surface area contributed by atoms with Gasteiger partial charge in [0, 0.05) is 5.69 Å². The molecule has 1 aromatic rings. The van der Waals surface area contributed by atoms with E-state index in [1.165, 1.54) is 0 Å². The number of carbonyl (C=O) groups is 1. The van der Waals surface area contributed by atoms with Crippen LogP contribution in [-0.2, 0) is 4.79 Å². The van der Waals surface area contributed by atoms with Crippen LogP contribution in [0, 0.1) is 0 Å². The lowest BCUT2D eigenvalue weighted by atomic mass is 10.0. The Morgan fingerprint density at radius 1 is 1.47 bits per heavy atom. The Labute approximate surface area is 89.0 Å². The molecule has 1 aliphatic rings. The summed E-state index contributed by atoms with van der Waals surface area (Å²) in [5, 5.41) is 0. The number of hydrogen-bond donors (Lipinski definition) is 0. The summed E-state index contributed by atoms with van der Waals surface area (Å²) in [6.07, 6.45) is 2.36. The molecule has 0 unspecified atom stereocenters. The fourth-order valence-corrected chi connectivity index (χ4v) is 1.71. The van der Waals surface area contributed by atoms with E-state index >= 15 is 0 Å². The maximum Gasteiger partial charge on any atom is 0.229 e. The van der Waals surface area contributed by atoms with Crippen molar-refractivity contribution in [2.24, 2.45) is 0 Å². The highest BCUT2D eigenvalue weighted by molar-refractivity contribution is 6.01. The van der Waals surface area contributed by atoms with Crippen molar-refractivity contribution in [3.8, 4) is 5.75 Å². The van der Waals surface area contributed by atoms with Gasteiger partial charge in [0.1, 0.15) is 5.75 Å². The predicted molar refractivity (Wildman–Crippen MR) is 59.1 cm³/mol. The van der Waals surface area contributed by atoms with E-state index in [0.717, 1.165) is 11.4 Å². The summed E-state index contributed by atoms with van der Waals surface area (Å²) in [6.45, 7) is 3.71. The second-order valence-electron chi connectivity index (χ2n) is 3.47. The molecule has 0 aromatic heterocycles. The standard InChI is InChI=1S/C12H13NO2/c1-3-9-8-12(14)13(9)10-4-6-11(15-2)7-5-10/h3-7,9H,1,8H2,2H3/t9-/m0/s1. The molecule has 1 heterocycles. The van der Waals surface area contributed by atoms with E-state index in [1.54, 1.807) is 18.1 Å².